The number of ether oxygens (including phenoxy) is 3. The summed E-state index contributed by atoms with van der Waals surface area (Å²) < 4.78 is 17.9. The standard InChI is InChI=1S/C45H65N3O6/c1-4-7-10-13-16-19-28-52-35-22-25-38(43(49)31-35)40-34-41(39-26-23-36(32-44(39)50)53-29-20-17-14-11-8-5-2)47-48(46-40)42-27-24-37(33-45(42)51)54-30-21-18-15-12-9-6-3/h22-27,31-34,46,49-51H,4-21,28-30H2,1-3H3. The van der Waals surface area contributed by atoms with Crippen molar-refractivity contribution in [3.63, 3.8) is 0 Å². The third-order valence-corrected chi connectivity index (χ3v) is 9.69. The first-order chi connectivity index (χ1) is 26.4. The Morgan fingerprint density at radius 3 is 1.35 bits per heavy atom. The Kier molecular flexibility index (Phi) is 18.8. The van der Waals surface area contributed by atoms with E-state index < -0.39 is 0 Å². The van der Waals surface area contributed by atoms with Gasteiger partial charge in [-0.2, -0.15) is 10.2 Å². The number of rotatable bonds is 27. The molecule has 0 fully saturated rings. The van der Waals surface area contributed by atoms with Crippen LogP contribution in [0.25, 0.3) is 5.70 Å². The fourth-order valence-corrected chi connectivity index (χ4v) is 6.46. The van der Waals surface area contributed by atoms with Crippen LogP contribution in [0.15, 0.2) is 65.8 Å². The maximum Gasteiger partial charge on any atom is 0.146 e. The number of hydrazine groups is 1. The number of hydrogen-bond acceptors (Lipinski definition) is 9. The lowest BCUT2D eigenvalue weighted by Crippen LogP contribution is -2.36. The molecule has 9 heteroatoms. The number of benzene rings is 3. The van der Waals surface area contributed by atoms with E-state index in [1.54, 1.807) is 42.5 Å². The monoisotopic (exact) mass is 743 g/mol. The van der Waals surface area contributed by atoms with Crippen LogP contribution >= 0.6 is 0 Å². The van der Waals surface area contributed by atoms with Crippen molar-refractivity contribution in [2.45, 2.75) is 136 Å². The van der Waals surface area contributed by atoms with Gasteiger partial charge in [0.25, 0.3) is 0 Å². The number of anilines is 1. The van der Waals surface area contributed by atoms with E-state index in [1.165, 1.54) is 82.2 Å². The highest BCUT2D eigenvalue weighted by Crippen LogP contribution is 2.36. The number of aromatic hydroxyl groups is 3. The topological polar surface area (TPSA) is 116 Å². The smallest absolute Gasteiger partial charge is 0.146 e. The summed E-state index contributed by atoms with van der Waals surface area (Å²) in [6, 6.07) is 15.6. The second-order valence-corrected chi connectivity index (χ2v) is 14.3. The first-order valence-electron chi connectivity index (χ1n) is 20.7. The minimum atomic E-state index is -0.0300. The van der Waals surface area contributed by atoms with E-state index in [2.05, 4.69) is 26.2 Å². The van der Waals surface area contributed by atoms with Crippen LogP contribution in [0.3, 0.4) is 0 Å². The van der Waals surface area contributed by atoms with Gasteiger partial charge in [0.05, 0.1) is 31.2 Å². The van der Waals surface area contributed by atoms with Crippen molar-refractivity contribution < 1.29 is 29.5 Å². The predicted octanol–water partition coefficient (Wildman–Crippen LogP) is 11.8. The zero-order chi connectivity index (χ0) is 38.4. The Balaban J connectivity index is 1.50. The van der Waals surface area contributed by atoms with Crippen molar-refractivity contribution in [2.75, 3.05) is 24.9 Å². The highest BCUT2D eigenvalue weighted by atomic mass is 16.5. The molecule has 0 bridgehead atoms. The Morgan fingerprint density at radius 1 is 0.500 bits per heavy atom. The molecule has 0 aliphatic carbocycles. The summed E-state index contributed by atoms with van der Waals surface area (Å²) in [4.78, 5) is 0. The van der Waals surface area contributed by atoms with E-state index in [1.807, 2.05) is 18.2 Å². The minimum absolute atomic E-state index is 0.0111. The lowest BCUT2D eigenvalue weighted by atomic mass is 10.0. The normalized spacial score (nSPS) is 12.6. The second kappa shape index (κ2) is 24.0. The Labute approximate surface area is 324 Å². The number of phenols is 3. The zero-order valence-corrected chi connectivity index (χ0v) is 33.1. The molecular weight excluding hydrogens is 679 g/mol. The van der Waals surface area contributed by atoms with Crippen molar-refractivity contribution >= 4 is 17.1 Å². The van der Waals surface area contributed by atoms with Gasteiger partial charge in [0.1, 0.15) is 40.2 Å². The molecule has 4 N–H and O–H groups in total. The molecule has 3 aromatic carbocycles. The van der Waals surface area contributed by atoms with Crippen LogP contribution in [0.2, 0.25) is 0 Å². The molecular formula is C45H65N3O6. The molecule has 0 saturated heterocycles. The first kappa shape index (κ1) is 42.2. The molecule has 1 aliphatic heterocycles. The SMILES string of the molecule is CCCCCCCCOc1ccc(C2=CC(c3ccc(OCCCCCCCC)cc3O)=NN(c3ccc(OCCCCCCCC)cc3O)N2)c(O)c1. The van der Waals surface area contributed by atoms with Crippen LogP contribution in [0, 0.1) is 0 Å². The molecule has 0 spiro atoms. The van der Waals surface area contributed by atoms with E-state index in [0.717, 1.165) is 38.5 Å². The molecule has 296 valence electrons. The van der Waals surface area contributed by atoms with Gasteiger partial charge in [-0.05, 0) is 61.7 Å². The Hall–Kier alpha value is -4.53. The van der Waals surface area contributed by atoms with E-state index in [-0.39, 0.29) is 17.2 Å². The number of nitrogens with zero attached hydrogens (tertiary/aromatic N) is 2. The van der Waals surface area contributed by atoms with Crippen molar-refractivity contribution in [1.29, 1.82) is 0 Å². The molecule has 0 saturated carbocycles. The van der Waals surface area contributed by atoms with Crippen LogP contribution in [0.4, 0.5) is 5.69 Å². The van der Waals surface area contributed by atoms with Gasteiger partial charge in [-0.25, -0.2) is 0 Å². The maximum absolute atomic E-state index is 11.2. The number of unbranched alkanes of at least 4 members (excludes halogenated alkanes) is 15. The largest absolute Gasteiger partial charge is 0.507 e. The van der Waals surface area contributed by atoms with Crippen LogP contribution in [0.5, 0.6) is 34.5 Å². The molecule has 0 unspecified atom stereocenters. The number of phenolic OH excluding ortho intramolecular Hbond substituents is 3. The van der Waals surface area contributed by atoms with Gasteiger partial charge in [-0.15, -0.1) is 0 Å². The summed E-state index contributed by atoms with van der Waals surface area (Å²) in [6.07, 6.45) is 22.8. The van der Waals surface area contributed by atoms with Gasteiger partial charge >= 0.3 is 0 Å². The maximum atomic E-state index is 11.2. The Bertz CT molecular complexity index is 1610. The summed E-state index contributed by atoms with van der Waals surface area (Å²) in [6.45, 7) is 8.40. The molecule has 0 radical (unpaired) electrons. The second-order valence-electron chi connectivity index (χ2n) is 14.3. The highest BCUT2D eigenvalue weighted by molar-refractivity contribution is 6.15. The summed E-state index contributed by atoms with van der Waals surface area (Å²) in [7, 11) is 0. The molecule has 0 aromatic heterocycles. The zero-order valence-electron chi connectivity index (χ0n) is 33.1. The van der Waals surface area contributed by atoms with Gasteiger partial charge in [0.2, 0.25) is 0 Å². The molecule has 9 nitrogen and oxygen atoms in total. The van der Waals surface area contributed by atoms with Crippen molar-refractivity contribution in [2.24, 2.45) is 5.10 Å². The third-order valence-electron chi connectivity index (χ3n) is 9.69. The summed E-state index contributed by atoms with van der Waals surface area (Å²) in [5.41, 5.74) is 5.55. The summed E-state index contributed by atoms with van der Waals surface area (Å²) in [5, 5.41) is 39.8. The quantitative estimate of drug-likeness (QED) is 0.0570. The van der Waals surface area contributed by atoms with Gasteiger partial charge in [0.15, 0.2) is 0 Å². The van der Waals surface area contributed by atoms with Crippen molar-refractivity contribution in [3.8, 4) is 34.5 Å². The fraction of sp³-hybridized carbons (Fsp3) is 0.533. The van der Waals surface area contributed by atoms with Gasteiger partial charge in [-0.1, -0.05) is 117 Å². The first-order valence-corrected chi connectivity index (χ1v) is 20.7. The van der Waals surface area contributed by atoms with Crippen molar-refractivity contribution in [3.05, 3.63) is 71.8 Å². The number of nitrogens with one attached hydrogen (secondary N) is 1. The van der Waals surface area contributed by atoms with E-state index in [0.29, 0.717) is 65.3 Å². The molecule has 1 aliphatic rings. The Morgan fingerprint density at radius 2 is 0.907 bits per heavy atom. The molecule has 3 aromatic rings. The highest BCUT2D eigenvalue weighted by Gasteiger charge is 2.23. The molecule has 1 heterocycles. The lowest BCUT2D eigenvalue weighted by molar-refractivity contribution is 0.302. The fourth-order valence-electron chi connectivity index (χ4n) is 6.46. The third kappa shape index (κ3) is 14.0. The van der Waals surface area contributed by atoms with Crippen LogP contribution < -0.4 is 24.8 Å². The van der Waals surface area contributed by atoms with Crippen LogP contribution in [0.1, 0.15) is 147 Å². The minimum Gasteiger partial charge on any atom is -0.507 e. The average molecular weight is 744 g/mol. The number of allylic oxidation sites excluding steroid dienone is 1. The van der Waals surface area contributed by atoms with E-state index >= 15 is 0 Å². The van der Waals surface area contributed by atoms with Crippen LogP contribution in [-0.4, -0.2) is 40.9 Å². The predicted molar refractivity (Wildman–Crippen MR) is 221 cm³/mol. The van der Waals surface area contributed by atoms with Gasteiger partial charge in [0, 0.05) is 29.3 Å². The molecule has 54 heavy (non-hydrogen) atoms. The van der Waals surface area contributed by atoms with Crippen LogP contribution in [-0.2, 0) is 0 Å². The molecule has 0 amide bonds. The van der Waals surface area contributed by atoms with E-state index in [4.69, 9.17) is 19.3 Å². The lowest BCUT2D eigenvalue weighted by Gasteiger charge is -2.29. The van der Waals surface area contributed by atoms with Gasteiger partial charge < -0.3 is 29.5 Å². The van der Waals surface area contributed by atoms with E-state index in [9.17, 15) is 15.3 Å². The number of hydrazone groups is 1. The van der Waals surface area contributed by atoms with Gasteiger partial charge in [-0.3, -0.25) is 5.43 Å². The summed E-state index contributed by atoms with van der Waals surface area (Å²) >= 11 is 0. The average Bonchev–Trinajstić information content (AvgIpc) is 3.17. The van der Waals surface area contributed by atoms with Crippen molar-refractivity contribution in [1.82, 2.24) is 5.43 Å². The number of hydrogen-bond donors (Lipinski definition) is 4. The molecule has 0 atom stereocenters. The molecule has 4 rings (SSSR count). The summed E-state index contributed by atoms with van der Waals surface area (Å²) in [5.74, 6) is 1.76.